The highest BCUT2D eigenvalue weighted by atomic mass is 127. The van der Waals surface area contributed by atoms with E-state index in [1.807, 2.05) is 0 Å². The van der Waals surface area contributed by atoms with E-state index in [2.05, 4.69) is 116 Å². The Kier molecular flexibility index (Phi) is 9.73. The van der Waals surface area contributed by atoms with Gasteiger partial charge in [-0.15, -0.1) is 0 Å². The second-order valence-corrected chi connectivity index (χ2v) is 14.3. The Hall–Kier alpha value is -3.93. The molecule has 10 heteroatoms. The summed E-state index contributed by atoms with van der Waals surface area (Å²) in [4.78, 5) is 30.5. The zero-order valence-electron chi connectivity index (χ0n) is 24.6. The van der Waals surface area contributed by atoms with E-state index in [1.165, 1.54) is 31.1 Å². The molecule has 0 aliphatic carbocycles. The molecule has 0 saturated heterocycles. The van der Waals surface area contributed by atoms with Crippen LogP contribution in [0.15, 0.2) is 98.1 Å². The number of imidazole rings is 4. The summed E-state index contributed by atoms with van der Waals surface area (Å²) >= 11 is -0.0390. The fraction of sp³-hybridized carbons (Fsp3) is 0.250. The number of aromatic nitrogens is 8. The molecule has 6 aromatic rings. The third-order valence-electron chi connectivity index (χ3n) is 7.05. The molecule has 2 aromatic carbocycles. The van der Waals surface area contributed by atoms with Crippen molar-refractivity contribution in [3.05, 3.63) is 116 Å². The van der Waals surface area contributed by atoms with E-state index in [9.17, 15) is 0 Å². The number of halogens is 1. The van der Waals surface area contributed by atoms with Gasteiger partial charge in [-0.3, -0.25) is 19.9 Å². The van der Waals surface area contributed by atoms with Crippen LogP contribution in [0.3, 0.4) is 0 Å². The van der Waals surface area contributed by atoms with Crippen molar-refractivity contribution in [3.63, 3.8) is 0 Å². The fourth-order valence-electron chi connectivity index (χ4n) is 5.27. The first-order valence-electron chi connectivity index (χ1n) is 14.4. The lowest BCUT2D eigenvalue weighted by atomic mass is 9.22. The number of nitrogens with zero attached hydrogens (tertiary/aromatic N) is 4. The monoisotopic (exact) mass is 672 g/mol. The molecule has 0 atom stereocenters. The van der Waals surface area contributed by atoms with E-state index < -0.39 is 6.15 Å². The molecule has 0 aliphatic heterocycles. The van der Waals surface area contributed by atoms with Crippen LogP contribution in [0.2, 0.25) is 0 Å². The molecular formula is C32H38BIN8. The first kappa shape index (κ1) is 29.6. The standard InChI is InChI=1S/C20H26I.C12H12BN8/c1-15(2)13-17-5-9-19(10-6-17)21-20-11-7-18(8-12-20)14-16(3)4;1-2-15-9(14-1)13(10-16-3-4-17-10,11-18-5-6-19-11)12-20-7-8-21-12/h5-12,15-16H,13-14H2,1-4H3;1-8H,(H,14,15)(H,16,17)(H,18,19)(H,20,21)/q+1;-1. The maximum Gasteiger partial charge on any atom is 0.357 e. The first-order valence-corrected chi connectivity index (χ1v) is 16.6. The largest absolute Gasteiger partial charge is 0.383 e. The predicted molar refractivity (Wildman–Crippen MR) is 166 cm³/mol. The number of hydrogen-bond acceptors (Lipinski definition) is 4. The van der Waals surface area contributed by atoms with E-state index in [0.29, 0.717) is 0 Å². The SMILES string of the molecule is CC(C)Cc1ccc([I+]c2ccc(CC(C)C)cc2)cc1.c1c[nH]c([B-](c2ncc[nH]2)(c2ncc[nH]2)c2ncc[nH]2)n1. The number of rotatable bonds is 10. The summed E-state index contributed by atoms with van der Waals surface area (Å²) in [7, 11) is 0. The molecule has 0 saturated carbocycles. The lowest BCUT2D eigenvalue weighted by molar-refractivity contribution is -0.597. The summed E-state index contributed by atoms with van der Waals surface area (Å²) in [5, 5.41) is 0. The van der Waals surface area contributed by atoms with E-state index in [1.54, 1.807) is 49.6 Å². The molecule has 4 aromatic heterocycles. The Morgan fingerprint density at radius 2 is 0.833 bits per heavy atom. The Bertz CT molecular complexity index is 1380. The van der Waals surface area contributed by atoms with Gasteiger partial charge in [-0.25, -0.2) is 0 Å². The van der Waals surface area contributed by atoms with Gasteiger partial charge in [0, 0.05) is 49.6 Å². The highest BCUT2D eigenvalue weighted by Gasteiger charge is 2.41. The minimum absolute atomic E-state index is 0.0390. The van der Waals surface area contributed by atoms with Crippen LogP contribution in [0.25, 0.3) is 0 Å². The van der Waals surface area contributed by atoms with Crippen molar-refractivity contribution in [2.45, 2.75) is 40.5 Å². The third-order valence-corrected chi connectivity index (χ3v) is 9.73. The van der Waals surface area contributed by atoms with Crippen LogP contribution in [0.1, 0.15) is 38.8 Å². The Morgan fingerprint density at radius 1 is 0.524 bits per heavy atom. The van der Waals surface area contributed by atoms with E-state index in [0.717, 1.165) is 34.7 Å². The number of hydrogen-bond donors (Lipinski definition) is 4. The zero-order chi connectivity index (χ0) is 29.4. The Morgan fingerprint density at radius 3 is 1.07 bits per heavy atom. The molecule has 0 amide bonds. The van der Waals surface area contributed by atoms with Crippen LogP contribution in [0.5, 0.6) is 0 Å². The number of nitrogens with one attached hydrogen (secondary N) is 4. The van der Waals surface area contributed by atoms with Crippen LogP contribution in [0, 0.1) is 19.0 Å². The summed E-state index contributed by atoms with van der Waals surface area (Å²) < 4.78 is 3.02. The maximum absolute atomic E-state index is 4.45. The average molecular weight is 672 g/mol. The van der Waals surface area contributed by atoms with Crippen LogP contribution in [0.4, 0.5) is 0 Å². The summed E-state index contributed by atoms with van der Waals surface area (Å²) in [6.45, 7) is 9.11. The summed E-state index contributed by atoms with van der Waals surface area (Å²) in [5.74, 6) is 1.47. The quantitative estimate of drug-likeness (QED) is 0.123. The second-order valence-electron chi connectivity index (χ2n) is 11.3. The molecule has 4 heterocycles. The second kappa shape index (κ2) is 13.8. The van der Waals surface area contributed by atoms with Crippen molar-refractivity contribution >= 4 is 29.0 Å². The van der Waals surface area contributed by atoms with Crippen molar-refractivity contribution in [2.24, 2.45) is 11.8 Å². The van der Waals surface area contributed by atoms with Crippen molar-refractivity contribution in [1.29, 1.82) is 0 Å². The molecule has 0 bridgehead atoms. The van der Waals surface area contributed by atoms with Gasteiger partial charge in [0.1, 0.15) is 0 Å². The Labute approximate surface area is 257 Å². The van der Waals surface area contributed by atoms with Gasteiger partial charge >= 0.3 is 21.2 Å². The minimum Gasteiger partial charge on any atom is -0.383 e. The van der Waals surface area contributed by atoms with Gasteiger partial charge < -0.3 is 19.9 Å². The molecule has 216 valence electrons. The molecule has 42 heavy (non-hydrogen) atoms. The molecule has 0 unspecified atom stereocenters. The van der Waals surface area contributed by atoms with Crippen molar-refractivity contribution in [2.75, 3.05) is 0 Å². The van der Waals surface area contributed by atoms with E-state index >= 15 is 0 Å². The smallest absolute Gasteiger partial charge is 0.357 e. The van der Waals surface area contributed by atoms with Crippen molar-refractivity contribution in [3.8, 4) is 0 Å². The van der Waals surface area contributed by atoms with Crippen LogP contribution in [-0.2, 0) is 12.8 Å². The maximum atomic E-state index is 4.45. The number of benzene rings is 2. The molecule has 0 radical (unpaired) electrons. The topological polar surface area (TPSA) is 115 Å². The van der Waals surface area contributed by atoms with Gasteiger partial charge in [0.2, 0.25) is 0 Å². The average Bonchev–Trinajstić information content (AvgIpc) is 3.81. The van der Waals surface area contributed by atoms with Crippen molar-refractivity contribution < 1.29 is 21.2 Å². The first-order chi connectivity index (χ1) is 20.4. The van der Waals surface area contributed by atoms with Crippen molar-refractivity contribution in [1.82, 2.24) is 39.9 Å². The Balaban J connectivity index is 0.000000168. The van der Waals surface area contributed by atoms with Crippen LogP contribution < -0.4 is 44.1 Å². The molecule has 0 aliphatic rings. The number of aromatic amines is 4. The number of H-pyrrole nitrogens is 4. The minimum atomic E-state index is -1.72. The lowest BCUT2D eigenvalue weighted by Crippen LogP contribution is -3.61. The lowest BCUT2D eigenvalue weighted by Gasteiger charge is -2.33. The summed E-state index contributed by atoms with van der Waals surface area (Å²) in [6.07, 6.45) is 14.6. The van der Waals surface area contributed by atoms with Gasteiger partial charge in [-0.2, -0.15) is 0 Å². The van der Waals surface area contributed by atoms with Crippen LogP contribution >= 0.6 is 0 Å². The van der Waals surface area contributed by atoms with Crippen LogP contribution in [-0.4, -0.2) is 46.0 Å². The molecule has 8 nitrogen and oxygen atoms in total. The molecule has 0 spiro atoms. The van der Waals surface area contributed by atoms with Gasteiger partial charge in [0.25, 0.3) is 6.15 Å². The van der Waals surface area contributed by atoms with E-state index in [-0.39, 0.29) is 21.2 Å². The molecular weight excluding hydrogens is 634 g/mol. The van der Waals surface area contributed by atoms with Gasteiger partial charge in [0.15, 0.2) is 7.14 Å². The third kappa shape index (κ3) is 6.92. The highest BCUT2D eigenvalue weighted by Crippen LogP contribution is 2.08. The van der Waals surface area contributed by atoms with Gasteiger partial charge in [-0.1, -0.05) is 52.0 Å². The van der Waals surface area contributed by atoms with Gasteiger partial charge in [0.05, 0.1) is 0 Å². The normalized spacial score (nSPS) is 11.6. The zero-order valence-corrected chi connectivity index (χ0v) is 26.7. The highest BCUT2D eigenvalue weighted by molar-refractivity contribution is 7.17. The summed E-state index contributed by atoms with van der Waals surface area (Å²) in [5.41, 5.74) is 5.85. The molecule has 0 fully saturated rings. The predicted octanol–water partition coefficient (Wildman–Crippen LogP) is 0.168. The summed E-state index contributed by atoms with van der Waals surface area (Å²) in [6, 6.07) is 18.5. The molecule has 6 rings (SSSR count). The fourth-order valence-corrected chi connectivity index (χ4v) is 7.43. The van der Waals surface area contributed by atoms with Gasteiger partial charge in [-0.05, 0) is 83.0 Å². The van der Waals surface area contributed by atoms with E-state index in [4.69, 9.17) is 0 Å². The molecule has 4 N–H and O–H groups in total.